The van der Waals surface area contributed by atoms with Crippen LogP contribution in [0.1, 0.15) is 23.6 Å². The third-order valence-corrected chi connectivity index (χ3v) is 5.18. The Balaban J connectivity index is 1.97. The van der Waals surface area contributed by atoms with Crippen molar-refractivity contribution in [1.82, 2.24) is 0 Å². The van der Waals surface area contributed by atoms with Crippen LogP contribution in [0.25, 0.3) is 6.08 Å². The average Bonchev–Trinajstić information content (AvgIpc) is 2.80. The number of hydrogen-bond donors (Lipinski definition) is 1. The first-order valence-corrected chi connectivity index (χ1v) is 10.5. The lowest BCUT2D eigenvalue weighted by atomic mass is 10.1. The van der Waals surface area contributed by atoms with E-state index in [1.54, 1.807) is 6.08 Å². The number of hydrogen-bond acceptors (Lipinski definition) is 6. The number of nitrogens with zero attached hydrogens (tertiary/aromatic N) is 3. The van der Waals surface area contributed by atoms with Crippen molar-refractivity contribution in [3.8, 4) is 0 Å². The highest BCUT2D eigenvalue weighted by Crippen LogP contribution is 2.29. The Hall–Kier alpha value is -3.85. The molecule has 0 heterocycles. The molecule has 0 fully saturated rings. The number of nitro benzene ring substituents is 2. The lowest BCUT2D eigenvalue weighted by Gasteiger charge is -2.07. The summed E-state index contributed by atoms with van der Waals surface area (Å²) in [5, 5.41) is 26.7. The molecule has 0 saturated heterocycles. The topological polar surface area (TPSA) is 111 Å². The van der Waals surface area contributed by atoms with Crippen LogP contribution in [0, 0.1) is 20.2 Å². The van der Waals surface area contributed by atoms with Crippen LogP contribution in [0.15, 0.2) is 82.4 Å². The van der Waals surface area contributed by atoms with Crippen molar-refractivity contribution >= 4 is 44.8 Å². The minimum absolute atomic E-state index is 0.0559. The molecule has 0 radical (unpaired) electrons. The van der Waals surface area contributed by atoms with Gasteiger partial charge >= 0.3 is 5.69 Å². The highest BCUT2D eigenvalue weighted by molar-refractivity contribution is 9.10. The van der Waals surface area contributed by atoms with Gasteiger partial charge in [-0.15, -0.1) is 0 Å². The summed E-state index contributed by atoms with van der Waals surface area (Å²) in [5.74, 6) is 0. The molecular weight excluding hydrogens is 476 g/mol. The zero-order valence-corrected chi connectivity index (χ0v) is 18.7. The number of aryl methyl sites for hydroxylation is 1. The molecule has 0 atom stereocenters. The zero-order chi connectivity index (χ0) is 23.1. The van der Waals surface area contributed by atoms with Gasteiger partial charge in [0.2, 0.25) is 0 Å². The summed E-state index contributed by atoms with van der Waals surface area (Å²) in [6.45, 7) is 2.06. The van der Waals surface area contributed by atoms with E-state index in [4.69, 9.17) is 0 Å². The third kappa shape index (κ3) is 5.86. The van der Waals surface area contributed by atoms with Gasteiger partial charge in [-0.1, -0.05) is 65.3 Å². The van der Waals surface area contributed by atoms with E-state index in [9.17, 15) is 20.2 Å². The van der Waals surface area contributed by atoms with Gasteiger partial charge in [-0.25, -0.2) is 0 Å². The van der Waals surface area contributed by atoms with Crippen LogP contribution >= 0.6 is 15.9 Å². The first kappa shape index (κ1) is 22.8. The molecule has 1 N–H and O–H groups in total. The Bertz CT molecular complexity index is 1190. The molecule has 0 aromatic heterocycles. The molecule has 3 rings (SSSR count). The molecule has 0 spiro atoms. The number of rotatable bonds is 8. The molecule has 0 amide bonds. The SMILES string of the molecule is CCc1ccc(C(C=Cc2ccc(Br)cc2)=NNc2ccc([N+](=O)[O-])cc2[N+](=O)[O-])cc1. The van der Waals surface area contributed by atoms with Gasteiger partial charge < -0.3 is 0 Å². The summed E-state index contributed by atoms with van der Waals surface area (Å²) >= 11 is 3.40. The molecule has 32 heavy (non-hydrogen) atoms. The van der Waals surface area contributed by atoms with E-state index in [-0.39, 0.29) is 11.4 Å². The number of hydrazone groups is 1. The lowest BCUT2D eigenvalue weighted by Crippen LogP contribution is -2.04. The number of allylic oxidation sites excluding steroid dienone is 1. The summed E-state index contributed by atoms with van der Waals surface area (Å²) in [7, 11) is 0. The Morgan fingerprint density at radius 2 is 1.69 bits per heavy atom. The van der Waals surface area contributed by atoms with Crippen LogP contribution in [-0.4, -0.2) is 15.6 Å². The fourth-order valence-electron chi connectivity index (χ4n) is 2.86. The van der Waals surface area contributed by atoms with E-state index in [0.717, 1.165) is 28.1 Å². The highest BCUT2D eigenvalue weighted by atomic mass is 79.9. The number of anilines is 1. The zero-order valence-electron chi connectivity index (χ0n) is 17.1. The quantitative estimate of drug-likeness (QED) is 0.222. The molecule has 8 nitrogen and oxygen atoms in total. The molecule has 0 bridgehead atoms. The van der Waals surface area contributed by atoms with Gasteiger partial charge in [0.25, 0.3) is 5.69 Å². The normalized spacial score (nSPS) is 11.5. The predicted molar refractivity (Wildman–Crippen MR) is 129 cm³/mol. The van der Waals surface area contributed by atoms with E-state index in [2.05, 4.69) is 33.4 Å². The maximum Gasteiger partial charge on any atom is 0.301 e. The maximum absolute atomic E-state index is 11.4. The molecule has 3 aromatic carbocycles. The summed E-state index contributed by atoms with van der Waals surface area (Å²) in [4.78, 5) is 21.0. The Morgan fingerprint density at radius 1 is 1.00 bits per heavy atom. The highest BCUT2D eigenvalue weighted by Gasteiger charge is 2.19. The monoisotopic (exact) mass is 494 g/mol. The summed E-state index contributed by atoms with van der Waals surface area (Å²) in [6.07, 6.45) is 4.58. The van der Waals surface area contributed by atoms with E-state index < -0.39 is 15.5 Å². The second-order valence-corrected chi connectivity index (χ2v) is 7.68. The first-order chi connectivity index (χ1) is 15.4. The average molecular weight is 495 g/mol. The van der Waals surface area contributed by atoms with Crippen LogP contribution in [0.3, 0.4) is 0 Å². The van der Waals surface area contributed by atoms with Crippen molar-refractivity contribution in [3.63, 3.8) is 0 Å². The van der Waals surface area contributed by atoms with Crippen LogP contribution < -0.4 is 5.43 Å². The fourth-order valence-corrected chi connectivity index (χ4v) is 3.12. The Morgan fingerprint density at radius 3 is 2.28 bits per heavy atom. The van der Waals surface area contributed by atoms with Crippen molar-refractivity contribution < 1.29 is 9.85 Å². The third-order valence-electron chi connectivity index (χ3n) is 4.65. The molecule has 3 aromatic rings. The smallest absolute Gasteiger partial charge is 0.271 e. The molecule has 0 aliphatic carbocycles. The van der Waals surface area contributed by atoms with Crippen LogP contribution in [-0.2, 0) is 6.42 Å². The number of nitro groups is 2. The molecule has 9 heteroatoms. The van der Waals surface area contributed by atoms with Crippen molar-refractivity contribution in [1.29, 1.82) is 0 Å². The number of benzene rings is 3. The van der Waals surface area contributed by atoms with Gasteiger partial charge in [0.15, 0.2) is 0 Å². The summed E-state index contributed by atoms with van der Waals surface area (Å²) in [5.41, 5.74) is 5.44. The number of non-ortho nitro benzene ring substituents is 1. The largest absolute Gasteiger partial charge is 0.301 e. The van der Waals surface area contributed by atoms with Gasteiger partial charge in [0, 0.05) is 16.1 Å². The molecular formula is C23H19BrN4O4. The molecule has 0 saturated carbocycles. The Kier molecular flexibility index (Phi) is 7.45. The van der Waals surface area contributed by atoms with Crippen LogP contribution in [0.5, 0.6) is 0 Å². The molecule has 162 valence electrons. The van der Waals surface area contributed by atoms with Gasteiger partial charge in [0.1, 0.15) is 5.69 Å². The standard InChI is InChI=1S/C23H19BrN4O4/c1-2-16-3-8-18(9-4-16)21(13-7-17-5-10-19(24)11-6-17)25-26-22-14-12-20(27(29)30)15-23(22)28(31)32/h3-15,26H,2H2,1H3. The Labute approximate surface area is 192 Å². The van der Waals surface area contributed by atoms with Gasteiger partial charge in [-0.2, -0.15) is 5.10 Å². The predicted octanol–water partition coefficient (Wildman–Crippen LogP) is 6.36. The van der Waals surface area contributed by atoms with E-state index in [1.165, 1.54) is 17.7 Å². The van der Waals surface area contributed by atoms with Gasteiger partial charge in [-0.3, -0.25) is 25.7 Å². The molecule has 0 aliphatic heterocycles. The van der Waals surface area contributed by atoms with Crippen molar-refractivity contribution in [2.75, 3.05) is 5.43 Å². The van der Waals surface area contributed by atoms with Crippen LogP contribution in [0.2, 0.25) is 0 Å². The van der Waals surface area contributed by atoms with Crippen molar-refractivity contribution in [2.24, 2.45) is 5.10 Å². The first-order valence-electron chi connectivity index (χ1n) is 9.67. The van der Waals surface area contributed by atoms with Crippen molar-refractivity contribution in [2.45, 2.75) is 13.3 Å². The van der Waals surface area contributed by atoms with Gasteiger partial charge in [-0.05, 0) is 41.8 Å². The van der Waals surface area contributed by atoms with Crippen molar-refractivity contribution in [3.05, 3.63) is 114 Å². The number of halogens is 1. The fraction of sp³-hybridized carbons (Fsp3) is 0.0870. The second-order valence-electron chi connectivity index (χ2n) is 6.76. The second kappa shape index (κ2) is 10.5. The van der Waals surface area contributed by atoms with E-state index in [0.29, 0.717) is 5.71 Å². The minimum Gasteiger partial charge on any atom is -0.271 e. The molecule has 0 unspecified atom stereocenters. The maximum atomic E-state index is 11.4. The number of nitrogens with one attached hydrogen (secondary N) is 1. The lowest BCUT2D eigenvalue weighted by molar-refractivity contribution is -0.393. The van der Waals surface area contributed by atoms with Crippen LogP contribution in [0.4, 0.5) is 17.1 Å². The minimum atomic E-state index is -0.682. The molecule has 0 aliphatic rings. The summed E-state index contributed by atoms with van der Waals surface area (Å²) < 4.78 is 0.964. The van der Waals surface area contributed by atoms with E-state index >= 15 is 0 Å². The van der Waals surface area contributed by atoms with E-state index in [1.807, 2.05) is 54.6 Å². The summed E-state index contributed by atoms with van der Waals surface area (Å²) in [6, 6.07) is 18.9. The van der Waals surface area contributed by atoms with Gasteiger partial charge in [0.05, 0.1) is 21.6 Å².